The Kier molecular flexibility index (Phi) is 6.94. The van der Waals surface area contributed by atoms with Gasteiger partial charge < -0.3 is 30.6 Å². The summed E-state index contributed by atoms with van der Waals surface area (Å²) in [5.74, 6) is -2.73. The molecule has 0 aliphatic carbocycles. The number of thioether (sulfide) groups is 1. The van der Waals surface area contributed by atoms with Gasteiger partial charge in [0.2, 0.25) is 11.8 Å². The van der Waals surface area contributed by atoms with E-state index in [4.69, 9.17) is 0 Å². The van der Waals surface area contributed by atoms with E-state index in [1.54, 1.807) is 45.3 Å². The van der Waals surface area contributed by atoms with Crippen LogP contribution in [0.2, 0.25) is 0 Å². The van der Waals surface area contributed by atoms with Crippen molar-refractivity contribution in [3.8, 4) is 0 Å². The van der Waals surface area contributed by atoms with Crippen molar-refractivity contribution in [3.63, 3.8) is 0 Å². The summed E-state index contributed by atoms with van der Waals surface area (Å²) in [5, 5.41) is 25.8. The summed E-state index contributed by atoms with van der Waals surface area (Å²) in [6, 6.07) is 5.91. The smallest absolute Gasteiger partial charge is 0.353 e. The second-order valence-electron chi connectivity index (χ2n) is 9.48. The van der Waals surface area contributed by atoms with Crippen LogP contribution < -0.4 is 10.6 Å². The van der Waals surface area contributed by atoms with E-state index in [1.807, 2.05) is 6.92 Å². The Hall–Kier alpha value is -2.89. The lowest BCUT2D eigenvalue weighted by atomic mass is 9.79. The van der Waals surface area contributed by atoms with Gasteiger partial charge in [-0.25, -0.2) is 4.79 Å². The van der Waals surface area contributed by atoms with Crippen LogP contribution in [0.25, 0.3) is 0 Å². The number of carbonyl (C=O) groups is 4. The number of carbonyl (C=O) groups excluding carboxylic acids is 3. The molecule has 0 radical (unpaired) electrons. The summed E-state index contributed by atoms with van der Waals surface area (Å²) in [7, 11) is 3.32. The monoisotopic (exact) mass is 502 g/mol. The number of rotatable bonds is 7. The number of nitrogens with one attached hydrogen (secondary N) is 2. The van der Waals surface area contributed by atoms with Crippen LogP contribution in [0.4, 0.5) is 5.69 Å². The molecule has 3 aliphatic rings. The number of aliphatic hydroxyl groups excluding tert-OH is 1. The second-order valence-corrected chi connectivity index (χ2v) is 10.8. The Morgan fingerprint density at radius 2 is 2.00 bits per heavy atom. The Morgan fingerprint density at radius 1 is 1.29 bits per heavy atom. The topological polar surface area (TPSA) is 139 Å². The number of benzene rings is 1. The molecule has 11 heteroatoms. The fourth-order valence-corrected chi connectivity index (χ4v) is 6.55. The van der Waals surface area contributed by atoms with Crippen molar-refractivity contribution in [1.82, 2.24) is 15.1 Å². The van der Waals surface area contributed by atoms with E-state index < -0.39 is 24.0 Å². The van der Waals surface area contributed by atoms with Crippen LogP contribution in [0.3, 0.4) is 0 Å². The molecule has 2 saturated heterocycles. The maximum Gasteiger partial charge on any atom is 0.353 e. The van der Waals surface area contributed by atoms with E-state index in [1.165, 1.54) is 21.6 Å². The van der Waals surface area contributed by atoms with E-state index >= 15 is 0 Å². The third-order valence-electron chi connectivity index (χ3n) is 6.79. The molecule has 0 bridgehead atoms. The Labute approximate surface area is 207 Å². The zero-order chi connectivity index (χ0) is 25.6. The molecule has 3 amide bonds. The summed E-state index contributed by atoms with van der Waals surface area (Å²) < 4.78 is 0. The molecule has 0 spiro atoms. The number of β-lactam (4-membered cyclic amide) rings is 1. The summed E-state index contributed by atoms with van der Waals surface area (Å²) in [6.07, 6.45) is -0.368. The maximum absolute atomic E-state index is 12.9. The standard InChI is InChI=1S/C24H30N4O6S/c1-11-18-17(12(2)29)23(32)28(18)19(24(33)34)20(11)35-15-9-16(25-10-15)21(30)26-14-7-5-6-13(8-14)22(31)27(3)4/h5-8,11-12,15-18,25,29H,9-10H2,1-4H3,(H,26,30)(H,33,34)/t11-,12-,15+,16+,17-,18-/m1/s1. The van der Waals surface area contributed by atoms with Crippen molar-refractivity contribution >= 4 is 41.1 Å². The maximum atomic E-state index is 12.9. The predicted molar refractivity (Wildman–Crippen MR) is 131 cm³/mol. The summed E-state index contributed by atoms with van der Waals surface area (Å²) in [6.45, 7) is 3.93. The normalized spacial score (nSPS) is 28.4. The Morgan fingerprint density at radius 3 is 2.63 bits per heavy atom. The highest BCUT2D eigenvalue weighted by Crippen LogP contribution is 2.51. The molecule has 35 heavy (non-hydrogen) atoms. The molecule has 4 N–H and O–H groups in total. The molecule has 0 saturated carbocycles. The lowest BCUT2D eigenvalue weighted by molar-refractivity contribution is -0.163. The van der Waals surface area contributed by atoms with Crippen molar-refractivity contribution in [1.29, 1.82) is 0 Å². The number of anilines is 1. The summed E-state index contributed by atoms with van der Waals surface area (Å²) in [4.78, 5) is 53.0. The van der Waals surface area contributed by atoms with Crippen LogP contribution in [0.15, 0.2) is 34.9 Å². The molecule has 1 aromatic rings. The second kappa shape index (κ2) is 9.63. The van der Waals surface area contributed by atoms with Crippen LogP contribution in [-0.2, 0) is 14.4 Å². The highest BCUT2D eigenvalue weighted by molar-refractivity contribution is 8.03. The minimum absolute atomic E-state index is 0.00956. The minimum Gasteiger partial charge on any atom is -0.477 e. The van der Waals surface area contributed by atoms with Crippen molar-refractivity contribution in [2.45, 2.75) is 43.7 Å². The average molecular weight is 503 g/mol. The molecule has 1 aromatic carbocycles. The van der Waals surface area contributed by atoms with E-state index in [-0.39, 0.29) is 40.6 Å². The van der Waals surface area contributed by atoms with Crippen LogP contribution in [0.5, 0.6) is 0 Å². The van der Waals surface area contributed by atoms with Crippen LogP contribution in [0, 0.1) is 11.8 Å². The largest absolute Gasteiger partial charge is 0.477 e. The predicted octanol–water partition coefficient (Wildman–Crippen LogP) is 0.944. The highest BCUT2D eigenvalue weighted by Gasteiger charge is 2.60. The van der Waals surface area contributed by atoms with E-state index in [0.29, 0.717) is 29.1 Å². The Balaban J connectivity index is 1.42. The first kappa shape index (κ1) is 25.2. The SMILES string of the molecule is C[C@@H](O)[C@H]1C(=O)N2C(C(=O)O)=C(S[C@@H]3CN[C@H](C(=O)Nc4cccc(C(=O)N(C)C)c4)C3)[C@H](C)[C@H]12. The first-order valence-corrected chi connectivity index (χ1v) is 12.4. The molecule has 6 atom stereocenters. The van der Waals surface area contributed by atoms with Gasteiger partial charge in [0, 0.05) is 48.0 Å². The number of amides is 3. The number of hydrogen-bond donors (Lipinski definition) is 4. The van der Waals surface area contributed by atoms with Gasteiger partial charge in [0.05, 0.1) is 24.1 Å². The van der Waals surface area contributed by atoms with Gasteiger partial charge >= 0.3 is 5.97 Å². The van der Waals surface area contributed by atoms with Gasteiger partial charge in [-0.2, -0.15) is 0 Å². The van der Waals surface area contributed by atoms with E-state index in [2.05, 4.69) is 10.6 Å². The molecular weight excluding hydrogens is 472 g/mol. The van der Waals surface area contributed by atoms with Gasteiger partial charge in [0.25, 0.3) is 5.91 Å². The van der Waals surface area contributed by atoms with Crippen LogP contribution in [0.1, 0.15) is 30.6 Å². The van der Waals surface area contributed by atoms with Crippen molar-refractivity contribution in [3.05, 3.63) is 40.4 Å². The molecular formula is C24H30N4O6S. The molecule has 0 unspecified atom stereocenters. The first-order valence-electron chi connectivity index (χ1n) is 11.5. The highest BCUT2D eigenvalue weighted by atomic mass is 32.2. The van der Waals surface area contributed by atoms with E-state index in [0.717, 1.165) is 0 Å². The van der Waals surface area contributed by atoms with Crippen molar-refractivity contribution in [2.24, 2.45) is 11.8 Å². The molecule has 10 nitrogen and oxygen atoms in total. The quantitative estimate of drug-likeness (QED) is 0.404. The van der Waals surface area contributed by atoms with Crippen LogP contribution >= 0.6 is 11.8 Å². The first-order chi connectivity index (χ1) is 16.5. The van der Waals surface area contributed by atoms with Crippen molar-refractivity contribution < 1.29 is 29.4 Å². The fourth-order valence-electron chi connectivity index (χ4n) is 5.07. The molecule has 3 aliphatic heterocycles. The lowest BCUT2D eigenvalue weighted by Gasteiger charge is -2.46. The van der Waals surface area contributed by atoms with Gasteiger partial charge in [0.1, 0.15) is 5.70 Å². The van der Waals surface area contributed by atoms with Gasteiger partial charge in [-0.1, -0.05) is 13.0 Å². The van der Waals surface area contributed by atoms with Crippen molar-refractivity contribution in [2.75, 3.05) is 26.0 Å². The number of fused-ring (bicyclic) bond motifs is 1. The molecule has 3 heterocycles. The molecule has 0 aromatic heterocycles. The zero-order valence-electron chi connectivity index (χ0n) is 20.0. The fraction of sp³-hybridized carbons (Fsp3) is 0.500. The van der Waals surface area contributed by atoms with Gasteiger partial charge in [-0.15, -0.1) is 11.8 Å². The number of hydrogen-bond acceptors (Lipinski definition) is 7. The lowest BCUT2D eigenvalue weighted by Crippen LogP contribution is -2.63. The molecule has 4 rings (SSSR count). The number of nitrogens with zero attached hydrogens (tertiary/aromatic N) is 2. The third-order valence-corrected chi connectivity index (χ3v) is 8.31. The summed E-state index contributed by atoms with van der Waals surface area (Å²) in [5.41, 5.74) is 0.983. The third kappa shape index (κ3) is 4.55. The van der Waals surface area contributed by atoms with Crippen LogP contribution in [-0.4, -0.2) is 87.8 Å². The number of aliphatic carboxylic acids is 1. The number of carboxylic acid groups (broad SMARTS) is 1. The number of aliphatic hydroxyl groups is 1. The minimum atomic E-state index is -1.16. The van der Waals surface area contributed by atoms with E-state index in [9.17, 15) is 29.4 Å². The zero-order valence-corrected chi connectivity index (χ0v) is 20.8. The average Bonchev–Trinajstić information content (AvgIpc) is 3.35. The molecule has 2 fully saturated rings. The number of carboxylic acids is 1. The van der Waals surface area contributed by atoms with Gasteiger partial charge in [-0.3, -0.25) is 14.4 Å². The van der Waals surface area contributed by atoms with Gasteiger partial charge in [0.15, 0.2) is 0 Å². The summed E-state index contributed by atoms with van der Waals surface area (Å²) >= 11 is 1.39. The Bertz CT molecular complexity index is 1100. The van der Waals surface area contributed by atoms with Gasteiger partial charge in [-0.05, 0) is 31.5 Å². The molecule has 188 valence electrons.